The van der Waals surface area contributed by atoms with Crippen LogP contribution in [0.1, 0.15) is 26.1 Å². The lowest BCUT2D eigenvalue weighted by molar-refractivity contribution is -0.116. The number of carbonyl (C=O) groups is 1. The first-order valence-corrected chi connectivity index (χ1v) is 7.94. The fourth-order valence-corrected chi connectivity index (χ4v) is 3.10. The van der Waals surface area contributed by atoms with Gasteiger partial charge in [-0.05, 0) is 25.0 Å². The lowest BCUT2D eigenvalue weighted by Gasteiger charge is -2.10. The Morgan fingerprint density at radius 3 is 2.82 bits per heavy atom. The molecule has 0 spiro atoms. The lowest BCUT2D eigenvalue weighted by Crippen LogP contribution is -2.14. The van der Waals surface area contributed by atoms with Crippen LogP contribution in [0, 0.1) is 12.8 Å². The fraction of sp³-hybridized carbons (Fsp3) is 0.333. The van der Waals surface area contributed by atoms with E-state index in [2.05, 4.69) is 20.6 Å². The second-order valence-electron chi connectivity index (χ2n) is 5.54. The summed E-state index contributed by atoms with van der Waals surface area (Å²) in [6.45, 7) is 5.91. The standard InChI is InChI=1S/C15H17N5OS/c1-9(2)8-13(21)16-12-7-5-4-6-11(12)14-19-20-10(3)17-18-15(20)22-14/h4-7,9H,8H2,1-3H3,(H,16,21). The summed E-state index contributed by atoms with van der Waals surface area (Å²) < 4.78 is 1.71. The quantitative estimate of drug-likeness (QED) is 0.803. The summed E-state index contributed by atoms with van der Waals surface area (Å²) >= 11 is 1.45. The van der Waals surface area contributed by atoms with Gasteiger partial charge in [-0.15, -0.1) is 10.2 Å². The molecule has 0 unspecified atom stereocenters. The number of hydrogen-bond donors (Lipinski definition) is 1. The van der Waals surface area contributed by atoms with Crippen LogP contribution in [-0.4, -0.2) is 25.7 Å². The van der Waals surface area contributed by atoms with Crippen LogP contribution in [-0.2, 0) is 4.79 Å². The predicted octanol–water partition coefficient (Wildman–Crippen LogP) is 3.15. The summed E-state index contributed by atoms with van der Waals surface area (Å²) in [5, 5.41) is 16.4. The minimum absolute atomic E-state index is 0.0154. The number of para-hydroxylation sites is 1. The maximum absolute atomic E-state index is 12.0. The Morgan fingerprint density at radius 2 is 2.09 bits per heavy atom. The average Bonchev–Trinajstić information content (AvgIpc) is 3.01. The van der Waals surface area contributed by atoms with Gasteiger partial charge in [-0.1, -0.05) is 37.3 Å². The second-order valence-corrected chi connectivity index (χ2v) is 6.50. The molecule has 0 aliphatic rings. The van der Waals surface area contributed by atoms with Gasteiger partial charge in [0.25, 0.3) is 0 Å². The highest BCUT2D eigenvalue weighted by Gasteiger charge is 2.15. The van der Waals surface area contributed by atoms with Crippen molar-refractivity contribution in [3.05, 3.63) is 30.1 Å². The van der Waals surface area contributed by atoms with E-state index in [1.54, 1.807) is 4.52 Å². The Hall–Kier alpha value is -2.28. The van der Waals surface area contributed by atoms with E-state index in [1.165, 1.54) is 11.3 Å². The Balaban J connectivity index is 1.95. The molecule has 114 valence electrons. The zero-order valence-corrected chi connectivity index (χ0v) is 13.5. The van der Waals surface area contributed by atoms with Crippen LogP contribution in [0.15, 0.2) is 24.3 Å². The van der Waals surface area contributed by atoms with Gasteiger partial charge in [0.1, 0.15) is 5.01 Å². The first-order chi connectivity index (χ1) is 10.5. The molecule has 0 saturated heterocycles. The molecule has 1 N–H and O–H groups in total. The molecule has 6 nitrogen and oxygen atoms in total. The average molecular weight is 315 g/mol. The van der Waals surface area contributed by atoms with Gasteiger partial charge < -0.3 is 5.32 Å². The molecule has 2 heterocycles. The molecule has 3 rings (SSSR count). The maximum Gasteiger partial charge on any atom is 0.234 e. The Kier molecular flexibility index (Phi) is 3.89. The van der Waals surface area contributed by atoms with E-state index in [-0.39, 0.29) is 5.91 Å². The number of amides is 1. The molecule has 0 saturated carbocycles. The first-order valence-electron chi connectivity index (χ1n) is 7.12. The zero-order valence-electron chi connectivity index (χ0n) is 12.7. The van der Waals surface area contributed by atoms with Crippen LogP contribution in [0.5, 0.6) is 0 Å². The number of nitrogens with one attached hydrogen (secondary N) is 1. The molecule has 0 aliphatic heterocycles. The molecule has 0 radical (unpaired) electrons. The van der Waals surface area contributed by atoms with Crippen molar-refractivity contribution in [2.24, 2.45) is 5.92 Å². The van der Waals surface area contributed by atoms with Crippen LogP contribution in [0.4, 0.5) is 5.69 Å². The third-order valence-corrected chi connectivity index (χ3v) is 4.10. The van der Waals surface area contributed by atoms with Crippen LogP contribution in [0.3, 0.4) is 0 Å². The Morgan fingerprint density at radius 1 is 1.32 bits per heavy atom. The third kappa shape index (κ3) is 2.85. The molecule has 1 amide bonds. The first kappa shape index (κ1) is 14.6. The molecule has 2 aromatic heterocycles. The van der Waals surface area contributed by atoms with E-state index in [4.69, 9.17) is 0 Å². The van der Waals surface area contributed by atoms with Gasteiger partial charge in [0, 0.05) is 12.0 Å². The van der Waals surface area contributed by atoms with Gasteiger partial charge in [0.05, 0.1) is 5.69 Å². The van der Waals surface area contributed by atoms with Crippen molar-refractivity contribution >= 4 is 27.9 Å². The number of rotatable bonds is 4. The summed E-state index contributed by atoms with van der Waals surface area (Å²) in [6, 6.07) is 7.68. The predicted molar refractivity (Wildman–Crippen MR) is 86.9 cm³/mol. The summed E-state index contributed by atoms with van der Waals surface area (Å²) in [4.78, 5) is 12.8. The smallest absolute Gasteiger partial charge is 0.234 e. The van der Waals surface area contributed by atoms with Gasteiger partial charge in [0.15, 0.2) is 5.82 Å². The van der Waals surface area contributed by atoms with Gasteiger partial charge in [0.2, 0.25) is 10.9 Å². The van der Waals surface area contributed by atoms with Gasteiger partial charge in [-0.3, -0.25) is 4.79 Å². The van der Waals surface area contributed by atoms with E-state index in [9.17, 15) is 4.79 Å². The summed E-state index contributed by atoms with van der Waals surface area (Å²) in [7, 11) is 0. The van der Waals surface area contributed by atoms with Crippen molar-refractivity contribution in [2.75, 3.05) is 5.32 Å². The van der Waals surface area contributed by atoms with Crippen LogP contribution in [0.2, 0.25) is 0 Å². The summed E-state index contributed by atoms with van der Waals surface area (Å²) in [5.41, 5.74) is 1.67. The number of hydrogen-bond acceptors (Lipinski definition) is 5. The van der Waals surface area contributed by atoms with Crippen LogP contribution >= 0.6 is 11.3 Å². The molecule has 22 heavy (non-hydrogen) atoms. The van der Waals surface area contributed by atoms with Crippen molar-refractivity contribution in [1.82, 2.24) is 19.8 Å². The third-order valence-electron chi connectivity index (χ3n) is 3.17. The number of anilines is 1. The Bertz CT molecular complexity index is 820. The highest BCUT2D eigenvalue weighted by atomic mass is 32.1. The molecule has 0 bridgehead atoms. The maximum atomic E-state index is 12.0. The minimum Gasteiger partial charge on any atom is -0.325 e. The topological polar surface area (TPSA) is 72.2 Å². The van der Waals surface area contributed by atoms with E-state index < -0.39 is 0 Å². The summed E-state index contributed by atoms with van der Waals surface area (Å²) in [6.07, 6.45) is 0.499. The number of carbonyl (C=O) groups excluding carboxylic acids is 1. The molecular formula is C15H17N5OS. The molecule has 0 fully saturated rings. The number of nitrogens with zero attached hydrogens (tertiary/aromatic N) is 4. The van der Waals surface area contributed by atoms with E-state index in [0.29, 0.717) is 12.3 Å². The largest absolute Gasteiger partial charge is 0.325 e. The Labute approximate surface area is 132 Å². The fourth-order valence-electron chi connectivity index (χ4n) is 2.17. The van der Waals surface area contributed by atoms with Crippen molar-refractivity contribution in [2.45, 2.75) is 27.2 Å². The summed E-state index contributed by atoms with van der Waals surface area (Å²) in [5.74, 6) is 1.09. The van der Waals surface area contributed by atoms with Gasteiger partial charge in [-0.2, -0.15) is 9.61 Å². The van der Waals surface area contributed by atoms with E-state index in [0.717, 1.165) is 27.0 Å². The van der Waals surface area contributed by atoms with Crippen molar-refractivity contribution in [1.29, 1.82) is 0 Å². The van der Waals surface area contributed by atoms with Crippen molar-refractivity contribution < 1.29 is 4.79 Å². The number of aromatic nitrogens is 4. The number of fused-ring (bicyclic) bond motifs is 1. The SMILES string of the molecule is Cc1nnc2sc(-c3ccccc3NC(=O)CC(C)C)nn12. The van der Waals surface area contributed by atoms with Crippen LogP contribution < -0.4 is 5.32 Å². The number of aryl methyl sites for hydroxylation is 1. The van der Waals surface area contributed by atoms with Crippen LogP contribution in [0.25, 0.3) is 15.5 Å². The second kappa shape index (κ2) is 5.84. The zero-order chi connectivity index (χ0) is 15.7. The monoisotopic (exact) mass is 315 g/mol. The molecule has 0 aliphatic carbocycles. The van der Waals surface area contributed by atoms with Crippen molar-refractivity contribution in [3.63, 3.8) is 0 Å². The highest BCUT2D eigenvalue weighted by molar-refractivity contribution is 7.19. The number of benzene rings is 1. The molecule has 1 aromatic carbocycles. The van der Waals surface area contributed by atoms with E-state index >= 15 is 0 Å². The minimum atomic E-state index is 0.0154. The molecule has 0 atom stereocenters. The molecular weight excluding hydrogens is 298 g/mol. The van der Waals surface area contributed by atoms with Gasteiger partial charge in [-0.25, -0.2) is 0 Å². The molecule has 3 aromatic rings. The normalized spacial score (nSPS) is 11.3. The lowest BCUT2D eigenvalue weighted by atomic mass is 10.1. The molecule has 7 heteroatoms. The van der Waals surface area contributed by atoms with E-state index in [1.807, 2.05) is 45.0 Å². The highest BCUT2D eigenvalue weighted by Crippen LogP contribution is 2.31. The van der Waals surface area contributed by atoms with Crippen molar-refractivity contribution in [3.8, 4) is 10.6 Å². The van der Waals surface area contributed by atoms with Gasteiger partial charge >= 0.3 is 0 Å².